The minimum absolute atomic E-state index is 0.637. The Labute approximate surface area is 274 Å². The summed E-state index contributed by atoms with van der Waals surface area (Å²) in [7, 11) is 0. The summed E-state index contributed by atoms with van der Waals surface area (Å²) >= 11 is 0. The molecule has 0 unspecified atom stereocenters. The first-order valence-corrected chi connectivity index (χ1v) is 15.7. The molecule has 4 nitrogen and oxygen atoms in total. The zero-order valence-corrected chi connectivity index (χ0v) is 25.9. The molecule has 0 spiro atoms. The van der Waals surface area contributed by atoms with Gasteiger partial charge in [-0.25, -0.2) is 15.0 Å². The molecule has 0 radical (unpaired) electrons. The van der Waals surface area contributed by atoms with Crippen LogP contribution in [0.2, 0.25) is 0 Å². The van der Waals surface area contributed by atoms with Crippen LogP contribution >= 0.6 is 0 Å². The topological polar surface area (TPSA) is 51.6 Å². The number of hydrogen-bond acceptors (Lipinski definition) is 4. The van der Waals surface area contributed by atoms with Crippen molar-refractivity contribution in [3.8, 4) is 67.5 Å². The predicted molar refractivity (Wildman–Crippen MR) is 192 cm³/mol. The lowest BCUT2D eigenvalue weighted by Gasteiger charge is -2.11. The van der Waals surface area contributed by atoms with E-state index in [9.17, 15) is 0 Å². The minimum atomic E-state index is 0.637. The third kappa shape index (κ3) is 5.69. The van der Waals surface area contributed by atoms with Crippen molar-refractivity contribution in [2.24, 2.45) is 0 Å². The van der Waals surface area contributed by atoms with Gasteiger partial charge in [-0.05, 0) is 68.8 Å². The van der Waals surface area contributed by atoms with Gasteiger partial charge in [-0.3, -0.25) is 4.98 Å². The van der Waals surface area contributed by atoms with Crippen LogP contribution in [0, 0.1) is 6.92 Å². The van der Waals surface area contributed by atoms with E-state index in [1.165, 1.54) is 16.7 Å². The fourth-order valence-corrected chi connectivity index (χ4v) is 6.09. The van der Waals surface area contributed by atoms with Crippen LogP contribution in [0.25, 0.3) is 78.3 Å². The van der Waals surface area contributed by atoms with Gasteiger partial charge in [0.1, 0.15) is 0 Å². The lowest BCUT2D eigenvalue weighted by atomic mass is 9.97. The Morgan fingerprint density at radius 1 is 0.383 bits per heavy atom. The monoisotopic (exact) mass is 602 g/mol. The highest BCUT2D eigenvalue weighted by Crippen LogP contribution is 2.32. The van der Waals surface area contributed by atoms with Crippen LogP contribution in [-0.4, -0.2) is 19.9 Å². The molecule has 0 amide bonds. The average molecular weight is 603 g/mol. The van der Waals surface area contributed by atoms with Crippen molar-refractivity contribution in [2.75, 3.05) is 0 Å². The molecule has 8 aromatic rings. The Morgan fingerprint density at radius 2 is 0.915 bits per heavy atom. The van der Waals surface area contributed by atoms with E-state index in [1.807, 2.05) is 18.5 Å². The normalized spacial score (nSPS) is 11.1. The second kappa shape index (κ2) is 12.3. The number of hydrogen-bond donors (Lipinski definition) is 0. The largest absolute Gasteiger partial charge is 0.264 e. The zero-order valence-electron chi connectivity index (χ0n) is 25.9. The van der Waals surface area contributed by atoms with Crippen molar-refractivity contribution >= 4 is 10.8 Å². The van der Waals surface area contributed by atoms with Crippen LogP contribution in [0.3, 0.4) is 0 Å². The van der Waals surface area contributed by atoms with E-state index in [0.29, 0.717) is 17.5 Å². The summed E-state index contributed by atoms with van der Waals surface area (Å²) in [5.41, 5.74) is 11.0. The third-order valence-electron chi connectivity index (χ3n) is 8.59. The molecule has 2 aromatic heterocycles. The summed E-state index contributed by atoms with van der Waals surface area (Å²) in [5, 5.41) is 2.26. The Morgan fingerprint density at radius 3 is 1.64 bits per heavy atom. The Bertz CT molecular complexity index is 2340. The fourth-order valence-electron chi connectivity index (χ4n) is 6.09. The number of pyridine rings is 1. The average Bonchev–Trinajstić information content (AvgIpc) is 3.15. The highest BCUT2D eigenvalue weighted by atomic mass is 15.0. The van der Waals surface area contributed by atoms with E-state index < -0.39 is 0 Å². The highest BCUT2D eigenvalue weighted by molar-refractivity contribution is 5.95. The number of rotatable bonds is 6. The van der Waals surface area contributed by atoms with Crippen molar-refractivity contribution in [3.63, 3.8) is 0 Å². The van der Waals surface area contributed by atoms with Gasteiger partial charge in [-0.1, -0.05) is 140 Å². The maximum atomic E-state index is 5.05. The molecule has 222 valence electrons. The first-order chi connectivity index (χ1) is 23.2. The SMILES string of the molecule is Cc1cnccc1-c1cccc(-c2ccc(-c3nc(-c4ccc(-c5ccccc5)cc4)nc(-c4cccc5ccccc45)n3)cc2)c1. The second-order valence-corrected chi connectivity index (χ2v) is 11.6. The summed E-state index contributed by atoms with van der Waals surface area (Å²) in [6.07, 6.45) is 3.75. The fraction of sp³-hybridized carbons (Fsp3) is 0.0233. The van der Waals surface area contributed by atoms with Crippen LogP contribution in [-0.2, 0) is 0 Å². The third-order valence-corrected chi connectivity index (χ3v) is 8.59. The predicted octanol–water partition coefficient (Wildman–Crippen LogP) is 10.7. The van der Waals surface area contributed by atoms with E-state index in [1.54, 1.807) is 0 Å². The molecular formula is C43H30N4. The number of aryl methyl sites for hydroxylation is 1. The van der Waals surface area contributed by atoms with E-state index in [4.69, 9.17) is 15.0 Å². The number of aromatic nitrogens is 4. The molecule has 0 bridgehead atoms. The summed E-state index contributed by atoms with van der Waals surface area (Å²) in [4.78, 5) is 19.4. The van der Waals surface area contributed by atoms with E-state index in [-0.39, 0.29) is 0 Å². The van der Waals surface area contributed by atoms with Crippen molar-refractivity contribution < 1.29 is 0 Å². The van der Waals surface area contributed by atoms with Gasteiger partial charge in [0.15, 0.2) is 17.5 Å². The Hall–Kier alpha value is -6.26. The number of benzene rings is 6. The Kier molecular flexibility index (Phi) is 7.37. The highest BCUT2D eigenvalue weighted by Gasteiger charge is 2.15. The molecule has 0 fully saturated rings. The summed E-state index contributed by atoms with van der Waals surface area (Å²) in [6.45, 7) is 2.09. The number of fused-ring (bicyclic) bond motifs is 1. The molecule has 8 rings (SSSR count). The molecule has 0 atom stereocenters. The Balaban J connectivity index is 1.20. The van der Waals surface area contributed by atoms with Gasteiger partial charge < -0.3 is 0 Å². The van der Waals surface area contributed by atoms with Crippen molar-refractivity contribution in [1.82, 2.24) is 19.9 Å². The standard InChI is InChI=1S/C43H30N4/c1-29-28-44-26-25-38(29)37-14-7-13-36(27-37)32-19-23-35(24-20-32)42-45-41(34-21-17-31(18-22-34)30-9-3-2-4-10-30)46-43(47-42)40-16-8-12-33-11-5-6-15-39(33)40/h2-28H,1H3. The molecule has 0 N–H and O–H groups in total. The quantitative estimate of drug-likeness (QED) is 0.190. The van der Waals surface area contributed by atoms with Gasteiger partial charge in [0.25, 0.3) is 0 Å². The lowest BCUT2D eigenvalue weighted by molar-refractivity contribution is 1.08. The maximum Gasteiger partial charge on any atom is 0.164 e. The van der Waals surface area contributed by atoms with Crippen LogP contribution in [0.4, 0.5) is 0 Å². The molecule has 6 aromatic carbocycles. The number of nitrogens with zero attached hydrogens (tertiary/aromatic N) is 4. The van der Waals surface area contributed by atoms with Crippen molar-refractivity contribution in [3.05, 3.63) is 170 Å². The van der Waals surface area contributed by atoms with Crippen LogP contribution in [0.5, 0.6) is 0 Å². The molecule has 47 heavy (non-hydrogen) atoms. The molecular weight excluding hydrogens is 573 g/mol. The summed E-state index contributed by atoms with van der Waals surface area (Å²) < 4.78 is 0. The van der Waals surface area contributed by atoms with Crippen molar-refractivity contribution in [1.29, 1.82) is 0 Å². The zero-order chi connectivity index (χ0) is 31.6. The second-order valence-electron chi connectivity index (χ2n) is 11.6. The summed E-state index contributed by atoms with van der Waals surface area (Å²) in [6, 6.07) is 52.6. The molecule has 0 aliphatic carbocycles. The summed E-state index contributed by atoms with van der Waals surface area (Å²) in [5.74, 6) is 1.93. The van der Waals surface area contributed by atoms with E-state index >= 15 is 0 Å². The van der Waals surface area contributed by atoms with Crippen LogP contribution in [0.1, 0.15) is 5.56 Å². The molecule has 4 heteroatoms. The molecule has 2 heterocycles. The van der Waals surface area contributed by atoms with E-state index in [2.05, 4.69) is 158 Å². The van der Waals surface area contributed by atoms with Crippen LogP contribution in [0.15, 0.2) is 164 Å². The van der Waals surface area contributed by atoms with Gasteiger partial charge in [0.05, 0.1) is 0 Å². The lowest BCUT2D eigenvalue weighted by Crippen LogP contribution is -2.00. The van der Waals surface area contributed by atoms with Crippen molar-refractivity contribution in [2.45, 2.75) is 6.92 Å². The molecule has 0 aliphatic rings. The van der Waals surface area contributed by atoms with E-state index in [0.717, 1.165) is 49.7 Å². The van der Waals surface area contributed by atoms with Crippen LogP contribution < -0.4 is 0 Å². The van der Waals surface area contributed by atoms with Gasteiger partial charge in [-0.2, -0.15) is 0 Å². The van der Waals surface area contributed by atoms with Gasteiger partial charge in [0, 0.05) is 29.1 Å². The van der Waals surface area contributed by atoms with Gasteiger partial charge >= 0.3 is 0 Å². The molecule has 0 aliphatic heterocycles. The smallest absolute Gasteiger partial charge is 0.164 e. The van der Waals surface area contributed by atoms with Gasteiger partial charge in [-0.15, -0.1) is 0 Å². The molecule has 0 saturated heterocycles. The minimum Gasteiger partial charge on any atom is -0.264 e. The molecule has 0 saturated carbocycles. The maximum absolute atomic E-state index is 5.05. The first kappa shape index (κ1) is 28.2. The van der Waals surface area contributed by atoms with Gasteiger partial charge in [0.2, 0.25) is 0 Å². The first-order valence-electron chi connectivity index (χ1n) is 15.7.